The average molecular weight is 415 g/mol. The van der Waals surface area contributed by atoms with Gasteiger partial charge in [0.2, 0.25) is 11.8 Å². The largest absolute Gasteiger partial charge is 0.415 e. The Balaban J connectivity index is 1.96. The minimum atomic E-state index is -4.69. The molecule has 0 spiro atoms. The van der Waals surface area contributed by atoms with E-state index in [-0.39, 0.29) is 17.1 Å². The van der Waals surface area contributed by atoms with E-state index in [2.05, 4.69) is 15.8 Å². The molecule has 1 aromatic heterocycles. The molecule has 0 saturated carbocycles. The third-order valence-corrected chi connectivity index (χ3v) is 5.16. The number of aromatic nitrogens is 1. The summed E-state index contributed by atoms with van der Waals surface area (Å²) in [4.78, 5) is 24.3. The lowest BCUT2D eigenvalue weighted by atomic mass is 9.91. The van der Waals surface area contributed by atoms with Crippen molar-refractivity contribution in [3.63, 3.8) is 0 Å². The van der Waals surface area contributed by atoms with Crippen molar-refractivity contribution in [2.75, 3.05) is 11.1 Å². The normalized spacial score (nSPS) is 14.8. The number of alkyl halides is 3. The first-order chi connectivity index (χ1) is 13.0. The highest BCUT2D eigenvalue weighted by molar-refractivity contribution is 8.01. The third-order valence-electron chi connectivity index (χ3n) is 4.02. The molecule has 152 valence electrons. The molecule has 2 atom stereocenters. The minimum absolute atomic E-state index is 0.0759. The van der Waals surface area contributed by atoms with Crippen molar-refractivity contribution in [3.8, 4) is 0 Å². The predicted molar refractivity (Wildman–Crippen MR) is 99.8 cm³/mol. The maximum Gasteiger partial charge on any atom is 0.415 e. The van der Waals surface area contributed by atoms with E-state index in [1.807, 2.05) is 0 Å². The molecule has 0 aliphatic carbocycles. The fraction of sp³-hybridized carbons (Fsp3) is 0.389. The van der Waals surface area contributed by atoms with Gasteiger partial charge in [0, 0.05) is 6.07 Å². The zero-order valence-corrected chi connectivity index (χ0v) is 16.3. The molecular formula is C18H20F3N3O3S. The lowest BCUT2D eigenvalue weighted by Crippen LogP contribution is -2.54. The van der Waals surface area contributed by atoms with Crippen LogP contribution in [0, 0.1) is 6.92 Å². The smallest absolute Gasteiger partial charge is 0.360 e. The summed E-state index contributed by atoms with van der Waals surface area (Å²) in [5, 5.41) is 7.50. The summed E-state index contributed by atoms with van der Waals surface area (Å²) in [5.74, 6) is -0.834. The molecule has 6 nitrogen and oxygen atoms in total. The monoisotopic (exact) mass is 415 g/mol. The Morgan fingerprint density at radius 3 is 2.43 bits per heavy atom. The highest BCUT2D eigenvalue weighted by Crippen LogP contribution is 2.38. The van der Waals surface area contributed by atoms with Gasteiger partial charge in [-0.1, -0.05) is 35.5 Å². The van der Waals surface area contributed by atoms with E-state index in [0.29, 0.717) is 5.76 Å². The Kier molecular flexibility index (Phi) is 6.76. The summed E-state index contributed by atoms with van der Waals surface area (Å²) < 4.78 is 45.7. The molecule has 0 bridgehead atoms. The number of carbonyl (C=O) groups is 2. The van der Waals surface area contributed by atoms with Crippen LogP contribution in [0.25, 0.3) is 0 Å². The highest BCUT2D eigenvalue weighted by Gasteiger charge is 2.53. The van der Waals surface area contributed by atoms with Gasteiger partial charge in [-0.2, -0.15) is 13.2 Å². The molecule has 2 N–H and O–H groups in total. The van der Waals surface area contributed by atoms with Crippen molar-refractivity contribution >= 4 is 29.4 Å². The highest BCUT2D eigenvalue weighted by atomic mass is 32.2. The third kappa shape index (κ3) is 5.28. The summed E-state index contributed by atoms with van der Waals surface area (Å²) in [5.41, 5.74) is -2.61. The second-order valence-electron chi connectivity index (χ2n) is 6.30. The van der Waals surface area contributed by atoms with Crippen LogP contribution in [-0.4, -0.2) is 34.2 Å². The molecule has 0 aliphatic heterocycles. The summed E-state index contributed by atoms with van der Waals surface area (Å²) >= 11 is 0.915. The van der Waals surface area contributed by atoms with E-state index in [4.69, 9.17) is 4.52 Å². The molecule has 0 unspecified atom stereocenters. The maximum absolute atomic E-state index is 13.6. The molecule has 10 heteroatoms. The fourth-order valence-electron chi connectivity index (χ4n) is 2.32. The number of nitrogens with zero attached hydrogens (tertiary/aromatic N) is 1. The first-order valence-corrected chi connectivity index (χ1v) is 9.37. The zero-order chi connectivity index (χ0) is 20.9. The maximum atomic E-state index is 13.6. The molecule has 0 radical (unpaired) electrons. The summed E-state index contributed by atoms with van der Waals surface area (Å²) in [6.07, 6.45) is -4.69. The van der Waals surface area contributed by atoms with Crippen LogP contribution in [0.3, 0.4) is 0 Å². The minimum Gasteiger partial charge on any atom is -0.360 e. The van der Waals surface area contributed by atoms with E-state index in [1.165, 1.54) is 30.3 Å². The van der Waals surface area contributed by atoms with E-state index in [1.54, 1.807) is 19.9 Å². The first kappa shape index (κ1) is 21.8. The number of nitrogens with one attached hydrogen (secondary N) is 2. The van der Waals surface area contributed by atoms with Crippen molar-refractivity contribution in [2.45, 2.75) is 37.7 Å². The number of hydrogen-bond acceptors (Lipinski definition) is 5. The van der Waals surface area contributed by atoms with Crippen LogP contribution in [0.2, 0.25) is 0 Å². The second kappa shape index (κ2) is 8.68. The number of benzene rings is 1. The number of rotatable bonds is 7. The Bertz CT molecular complexity index is 826. The van der Waals surface area contributed by atoms with Gasteiger partial charge >= 0.3 is 6.18 Å². The number of amides is 2. The summed E-state index contributed by atoms with van der Waals surface area (Å²) in [6.45, 7) is 4.11. The van der Waals surface area contributed by atoms with Crippen LogP contribution >= 0.6 is 11.8 Å². The van der Waals surface area contributed by atoms with E-state index >= 15 is 0 Å². The Labute approximate surface area is 164 Å². The fourth-order valence-corrected chi connectivity index (χ4v) is 3.01. The number of halogens is 3. The summed E-state index contributed by atoms with van der Waals surface area (Å²) in [6, 6.07) is 8.66. The molecule has 2 aromatic rings. The van der Waals surface area contributed by atoms with Gasteiger partial charge in [0.15, 0.2) is 11.4 Å². The van der Waals surface area contributed by atoms with Gasteiger partial charge in [-0.15, -0.1) is 11.8 Å². The Hall–Kier alpha value is -2.49. The molecule has 2 rings (SSSR count). The van der Waals surface area contributed by atoms with Crippen molar-refractivity contribution < 1.29 is 27.3 Å². The van der Waals surface area contributed by atoms with E-state index in [9.17, 15) is 22.8 Å². The predicted octanol–water partition coefficient (Wildman–Crippen LogP) is 3.64. The Morgan fingerprint density at radius 1 is 1.25 bits per heavy atom. The molecule has 0 aliphatic rings. The second-order valence-corrected chi connectivity index (χ2v) is 7.63. The molecular weight excluding hydrogens is 395 g/mol. The molecule has 0 saturated heterocycles. The van der Waals surface area contributed by atoms with Crippen molar-refractivity contribution in [1.82, 2.24) is 10.5 Å². The lowest BCUT2D eigenvalue weighted by molar-refractivity contribution is -0.196. The van der Waals surface area contributed by atoms with Gasteiger partial charge in [-0.25, -0.2) is 0 Å². The average Bonchev–Trinajstić information content (AvgIpc) is 3.04. The van der Waals surface area contributed by atoms with Crippen LogP contribution in [-0.2, 0) is 15.1 Å². The first-order valence-electron chi connectivity index (χ1n) is 8.32. The van der Waals surface area contributed by atoms with Gasteiger partial charge in [-0.3, -0.25) is 9.59 Å². The van der Waals surface area contributed by atoms with Crippen molar-refractivity contribution in [2.24, 2.45) is 0 Å². The van der Waals surface area contributed by atoms with Gasteiger partial charge in [-0.05, 0) is 26.3 Å². The number of thioether (sulfide) groups is 1. The van der Waals surface area contributed by atoms with Crippen molar-refractivity contribution in [1.29, 1.82) is 0 Å². The van der Waals surface area contributed by atoms with Crippen LogP contribution in [0.15, 0.2) is 40.9 Å². The number of anilines is 1. The van der Waals surface area contributed by atoms with Gasteiger partial charge in [0.25, 0.3) is 0 Å². The topological polar surface area (TPSA) is 84.2 Å². The van der Waals surface area contributed by atoms with Crippen LogP contribution in [0.5, 0.6) is 0 Å². The Morgan fingerprint density at radius 2 is 1.89 bits per heavy atom. The van der Waals surface area contributed by atoms with E-state index in [0.717, 1.165) is 18.7 Å². The lowest BCUT2D eigenvalue weighted by Gasteiger charge is -2.33. The molecule has 28 heavy (non-hydrogen) atoms. The number of aryl methyl sites for hydroxylation is 1. The van der Waals surface area contributed by atoms with E-state index < -0.39 is 28.8 Å². The quantitative estimate of drug-likeness (QED) is 0.721. The van der Waals surface area contributed by atoms with Crippen LogP contribution in [0.4, 0.5) is 19.0 Å². The molecule has 1 aromatic carbocycles. The van der Waals surface area contributed by atoms with Gasteiger partial charge in [0.05, 0.1) is 11.0 Å². The molecule has 1 heterocycles. The SMILES string of the molecule is Cc1cc(NC(=O)[C@H](C)SCC(=O)N[C@](C)(c2ccccc2)C(F)(F)F)no1. The van der Waals surface area contributed by atoms with Crippen molar-refractivity contribution in [3.05, 3.63) is 47.7 Å². The number of carbonyl (C=O) groups excluding carboxylic acids is 2. The van der Waals surface area contributed by atoms with Crippen LogP contribution < -0.4 is 10.6 Å². The standard InChI is InChI=1S/C18H20F3N3O3S/c1-11-9-14(24-27-11)22-16(26)12(2)28-10-15(25)23-17(3,18(19,20)21)13-7-5-4-6-8-13/h4-9,12H,10H2,1-3H3,(H,23,25)(H,22,24,26)/t12-,17+/m0/s1. The zero-order valence-electron chi connectivity index (χ0n) is 15.5. The number of hydrogen-bond donors (Lipinski definition) is 2. The van der Waals surface area contributed by atoms with Gasteiger partial charge in [0.1, 0.15) is 5.76 Å². The summed E-state index contributed by atoms with van der Waals surface area (Å²) in [7, 11) is 0. The molecule has 0 fully saturated rings. The van der Waals surface area contributed by atoms with Crippen LogP contribution in [0.1, 0.15) is 25.2 Å². The van der Waals surface area contributed by atoms with Gasteiger partial charge < -0.3 is 15.2 Å². The molecule has 2 amide bonds.